The van der Waals surface area contributed by atoms with Crippen LogP contribution in [0.2, 0.25) is 0 Å². The molecule has 0 heterocycles. The summed E-state index contributed by atoms with van der Waals surface area (Å²) in [4.78, 5) is 12.4. The predicted molar refractivity (Wildman–Crippen MR) is 75.9 cm³/mol. The van der Waals surface area contributed by atoms with Gasteiger partial charge in [0.05, 0.1) is 0 Å². The van der Waals surface area contributed by atoms with Crippen LogP contribution in [0.5, 0.6) is 0 Å². The molecule has 0 unspecified atom stereocenters. The number of carbonyl (C=O) groups excluding carboxylic acids is 1. The Hall–Kier alpha value is -1.26. The Morgan fingerprint density at radius 3 is 2.26 bits per heavy atom. The summed E-state index contributed by atoms with van der Waals surface area (Å²) in [7, 11) is 0. The lowest BCUT2D eigenvalue weighted by atomic mass is 9.79. The van der Waals surface area contributed by atoms with Crippen molar-refractivity contribution in [1.82, 2.24) is 5.32 Å². The van der Waals surface area contributed by atoms with Crippen molar-refractivity contribution in [2.24, 2.45) is 27.6 Å². The van der Waals surface area contributed by atoms with E-state index in [0.717, 1.165) is 0 Å². The lowest BCUT2D eigenvalue weighted by Gasteiger charge is -2.30. The Kier molecular flexibility index (Phi) is 4.82. The van der Waals surface area contributed by atoms with Crippen LogP contribution in [0, 0.1) is 16.7 Å². The minimum Gasteiger partial charge on any atom is -0.409 e. The Morgan fingerprint density at radius 1 is 1.42 bits per heavy atom. The number of rotatable bonds is 7. The molecule has 1 aliphatic rings. The third kappa shape index (κ3) is 2.85. The molecule has 1 fully saturated rings. The molecule has 110 valence electrons. The summed E-state index contributed by atoms with van der Waals surface area (Å²) in [6.45, 7) is 8.84. The van der Waals surface area contributed by atoms with Crippen LogP contribution < -0.4 is 11.1 Å². The molecule has 0 aromatic carbocycles. The van der Waals surface area contributed by atoms with Crippen molar-refractivity contribution < 1.29 is 10.0 Å². The summed E-state index contributed by atoms with van der Waals surface area (Å²) in [5.41, 5.74) is 5.10. The van der Waals surface area contributed by atoms with Gasteiger partial charge in [-0.15, -0.1) is 0 Å². The molecule has 4 N–H and O–H groups in total. The maximum absolute atomic E-state index is 12.4. The van der Waals surface area contributed by atoms with Crippen LogP contribution in [0.3, 0.4) is 0 Å². The average Bonchev–Trinajstić information content (AvgIpc) is 3.19. The van der Waals surface area contributed by atoms with E-state index in [2.05, 4.69) is 24.3 Å². The van der Waals surface area contributed by atoms with Gasteiger partial charge < -0.3 is 16.3 Å². The van der Waals surface area contributed by atoms with Gasteiger partial charge in [-0.3, -0.25) is 4.79 Å². The second-order valence-corrected chi connectivity index (χ2v) is 5.97. The van der Waals surface area contributed by atoms with Gasteiger partial charge in [0.15, 0.2) is 5.84 Å². The van der Waals surface area contributed by atoms with E-state index in [9.17, 15) is 4.79 Å². The zero-order valence-electron chi connectivity index (χ0n) is 12.5. The summed E-state index contributed by atoms with van der Waals surface area (Å²) in [5, 5.41) is 15.0. The summed E-state index contributed by atoms with van der Waals surface area (Å²) < 4.78 is 0. The molecule has 0 aromatic rings. The van der Waals surface area contributed by atoms with Gasteiger partial charge in [-0.05, 0) is 37.0 Å². The molecular formula is C14H27N3O2. The Bertz CT molecular complexity index is 356. The number of amides is 1. The van der Waals surface area contributed by atoms with E-state index in [1.54, 1.807) is 0 Å². The number of oxime groups is 1. The highest BCUT2D eigenvalue weighted by Gasteiger charge is 2.47. The van der Waals surface area contributed by atoms with Crippen LogP contribution in [0.4, 0.5) is 0 Å². The van der Waals surface area contributed by atoms with Crippen molar-refractivity contribution in [3.63, 3.8) is 0 Å². The van der Waals surface area contributed by atoms with Crippen molar-refractivity contribution in [1.29, 1.82) is 0 Å². The van der Waals surface area contributed by atoms with Crippen molar-refractivity contribution in [2.45, 2.75) is 53.4 Å². The van der Waals surface area contributed by atoms with E-state index in [-0.39, 0.29) is 17.2 Å². The Balaban J connectivity index is 2.74. The highest BCUT2D eigenvalue weighted by Crippen LogP contribution is 2.51. The quantitative estimate of drug-likeness (QED) is 0.286. The monoisotopic (exact) mass is 269 g/mol. The number of nitrogens with one attached hydrogen (secondary N) is 1. The number of nitrogens with two attached hydrogens (primary N) is 1. The smallest absolute Gasteiger partial charge is 0.233 e. The molecule has 1 aliphatic carbocycles. The molecular weight excluding hydrogens is 242 g/mol. The summed E-state index contributed by atoms with van der Waals surface area (Å²) in [6.07, 6.45) is 3.39. The fourth-order valence-corrected chi connectivity index (χ4v) is 2.69. The third-order valence-corrected chi connectivity index (χ3v) is 4.96. The average molecular weight is 269 g/mol. The highest BCUT2D eigenvalue weighted by atomic mass is 16.4. The van der Waals surface area contributed by atoms with Crippen LogP contribution in [-0.2, 0) is 4.79 Å². The first kappa shape index (κ1) is 15.8. The number of carbonyl (C=O) groups is 1. The molecule has 1 amide bonds. The second kappa shape index (κ2) is 5.80. The van der Waals surface area contributed by atoms with Crippen molar-refractivity contribution in [3.8, 4) is 0 Å². The number of amidine groups is 1. The molecule has 0 bridgehead atoms. The molecule has 0 aliphatic heterocycles. The van der Waals surface area contributed by atoms with Gasteiger partial charge in [0.2, 0.25) is 5.91 Å². The molecule has 5 nitrogen and oxygen atoms in total. The van der Waals surface area contributed by atoms with Crippen molar-refractivity contribution in [2.75, 3.05) is 6.54 Å². The van der Waals surface area contributed by atoms with Gasteiger partial charge in [0.25, 0.3) is 0 Å². The Labute approximate surface area is 115 Å². The van der Waals surface area contributed by atoms with Crippen LogP contribution >= 0.6 is 0 Å². The fourth-order valence-electron chi connectivity index (χ4n) is 2.69. The standard InChI is InChI=1S/C14H27N3O2/c1-5-14(6-2,11(15)17-19)12(18)16-9-13(7-8-13)10(3)4/h10,19H,5-9H2,1-4H3,(H2,15,17)(H,16,18). The van der Waals surface area contributed by atoms with Crippen LogP contribution in [0.25, 0.3) is 0 Å². The molecule has 0 aromatic heterocycles. The van der Waals surface area contributed by atoms with E-state index < -0.39 is 5.41 Å². The van der Waals surface area contributed by atoms with Crippen LogP contribution in [0.1, 0.15) is 53.4 Å². The molecule has 19 heavy (non-hydrogen) atoms. The van der Waals surface area contributed by atoms with Gasteiger partial charge >= 0.3 is 0 Å². The van der Waals surface area contributed by atoms with Gasteiger partial charge in [0, 0.05) is 6.54 Å². The zero-order chi connectivity index (χ0) is 14.7. The fraction of sp³-hybridized carbons (Fsp3) is 0.857. The van der Waals surface area contributed by atoms with E-state index >= 15 is 0 Å². The molecule has 0 spiro atoms. The summed E-state index contributed by atoms with van der Waals surface area (Å²) in [5.74, 6) is 0.443. The highest BCUT2D eigenvalue weighted by molar-refractivity contribution is 6.06. The largest absolute Gasteiger partial charge is 0.409 e. The van der Waals surface area contributed by atoms with Gasteiger partial charge in [-0.25, -0.2) is 0 Å². The second-order valence-electron chi connectivity index (χ2n) is 5.97. The van der Waals surface area contributed by atoms with Crippen molar-refractivity contribution >= 4 is 11.7 Å². The molecule has 1 saturated carbocycles. The SMILES string of the molecule is CCC(CC)(C(=O)NCC1(C(C)C)CC1)C(N)=NO. The van der Waals surface area contributed by atoms with Crippen molar-refractivity contribution in [3.05, 3.63) is 0 Å². The predicted octanol–water partition coefficient (Wildman–Crippen LogP) is 2.09. The first-order valence-corrected chi connectivity index (χ1v) is 7.15. The molecule has 0 radical (unpaired) electrons. The maximum atomic E-state index is 12.4. The minimum absolute atomic E-state index is 0.00407. The number of nitrogens with zero attached hydrogens (tertiary/aromatic N) is 1. The van der Waals surface area contributed by atoms with Crippen LogP contribution in [-0.4, -0.2) is 23.5 Å². The number of hydrogen-bond acceptors (Lipinski definition) is 3. The molecule has 0 atom stereocenters. The lowest BCUT2D eigenvalue weighted by molar-refractivity contribution is -0.128. The lowest BCUT2D eigenvalue weighted by Crippen LogP contribution is -2.50. The third-order valence-electron chi connectivity index (χ3n) is 4.96. The van der Waals surface area contributed by atoms with Gasteiger partial charge in [-0.1, -0.05) is 32.9 Å². The molecule has 5 heteroatoms. The maximum Gasteiger partial charge on any atom is 0.233 e. The van der Waals surface area contributed by atoms with E-state index in [0.29, 0.717) is 25.3 Å². The van der Waals surface area contributed by atoms with E-state index in [4.69, 9.17) is 10.9 Å². The topological polar surface area (TPSA) is 87.7 Å². The summed E-state index contributed by atoms with van der Waals surface area (Å²) >= 11 is 0. The Morgan fingerprint density at radius 2 is 1.95 bits per heavy atom. The van der Waals surface area contributed by atoms with E-state index in [1.807, 2.05) is 13.8 Å². The zero-order valence-corrected chi connectivity index (χ0v) is 12.5. The first-order chi connectivity index (χ1) is 8.88. The van der Waals surface area contributed by atoms with Gasteiger partial charge in [0.1, 0.15) is 5.41 Å². The van der Waals surface area contributed by atoms with E-state index in [1.165, 1.54) is 12.8 Å². The number of hydrogen-bond donors (Lipinski definition) is 3. The summed E-state index contributed by atoms with van der Waals surface area (Å²) in [6, 6.07) is 0. The molecule has 1 rings (SSSR count). The van der Waals surface area contributed by atoms with Crippen LogP contribution in [0.15, 0.2) is 5.16 Å². The minimum atomic E-state index is -0.887. The normalized spacial score (nSPS) is 18.5. The van der Waals surface area contributed by atoms with Gasteiger partial charge in [-0.2, -0.15) is 0 Å². The first-order valence-electron chi connectivity index (χ1n) is 7.15. The molecule has 0 saturated heterocycles.